The highest BCUT2D eigenvalue weighted by Crippen LogP contribution is 2.35. The number of ether oxygens (including phenoxy) is 3. The molecule has 0 fully saturated rings. The minimum absolute atomic E-state index is 0.00406. The van der Waals surface area contributed by atoms with Gasteiger partial charge in [-0.05, 0) is 59.9 Å². The van der Waals surface area contributed by atoms with Gasteiger partial charge < -0.3 is 29.7 Å². The summed E-state index contributed by atoms with van der Waals surface area (Å²) in [5.41, 5.74) is 1.36. The van der Waals surface area contributed by atoms with Crippen LogP contribution in [-0.2, 0) is 23.1 Å². The van der Waals surface area contributed by atoms with E-state index in [0.717, 1.165) is 4.31 Å². The Morgan fingerprint density at radius 1 is 1.02 bits per heavy atom. The number of carboxylic acid groups (broad SMARTS) is 1. The number of nitrogens with zero attached hydrogens (tertiary/aromatic N) is 1. The molecule has 3 aromatic rings. The van der Waals surface area contributed by atoms with Gasteiger partial charge in [-0.3, -0.25) is 0 Å². The van der Waals surface area contributed by atoms with E-state index in [-0.39, 0.29) is 49.5 Å². The zero-order valence-electron chi connectivity index (χ0n) is 22.7. The highest BCUT2D eigenvalue weighted by Gasteiger charge is 2.32. The SMILES string of the molecule is CC(C)CN(C[C@H](O)[C@H](Cc1ccc(OCc2cccc(F)c2)cc1)NC(=O)O)S(=O)(=O)c1ccc2c(c1)OCO2. The van der Waals surface area contributed by atoms with Crippen LogP contribution in [0, 0.1) is 11.7 Å². The number of hydrogen-bond donors (Lipinski definition) is 3. The molecular weight excluding hydrogens is 555 g/mol. The van der Waals surface area contributed by atoms with Crippen LogP contribution in [-0.4, -0.2) is 61.1 Å². The van der Waals surface area contributed by atoms with Crippen molar-refractivity contribution >= 4 is 16.1 Å². The number of sulfonamides is 1. The van der Waals surface area contributed by atoms with Crippen LogP contribution in [0.25, 0.3) is 0 Å². The number of carbonyl (C=O) groups is 1. The summed E-state index contributed by atoms with van der Waals surface area (Å²) in [6.45, 7) is 3.62. The predicted molar refractivity (Wildman–Crippen MR) is 148 cm³/mol. The van der Waals surface area contributed by atoms with Crippen LogP contribution in [0.3, 0.4) is 0 Å². The van der Waals surface area contributed by atoms with Crippen LogP contribution in [0.15, 0.2) is 71.6 Å². The average Bonchev–Trinajstić information content (AvgIpc) is 3.39. The van der Waals surface area contributed by atoms with Crippen LogP contribution in [0.5, 0.6) is 17.2 Å². The third-order valence-electron chi connectivity index (χ3n) is 6.39. The van der Waals surface area contributed by atoms with E-state index in [2.05, 4.69) is 5.32 Å². The molecule has 0 saturated carbocycles. The van der Waals surface area contributed by atoms with Gasteiger partial charge >= 0.3 is 6.09 Å². The number of aliphatic hydroxyl groups excluding tert-OH is 1. The fourth-order valence-electron chi connectivity index (χ4n) is 4.41. The van der Waals surface area contributed by atoms with Gasteiger partial charge in [0.1, 0.15) is 18.2 Å². The number of halogens is 1. The maximum atomic E-state index is 13.6. The molecule has 41 heavy (non-hydrogen) atoms. The van der Waals surface area contributed by atoms with E-state index in [1.54, 1.807) is 36.4 Å². The second-order valence-corrected chi connectivity index (χ2v) is 12.1. The van der Waals surface area contributed by atoms with Crippen molar-refractivity contribution in [3.8, 4) is 17.2 Å². The van der Waals surface area contributed by atoms with Gasteiger partial charge in [0, 0.05) is 19.2 Å². The molecule has 12 heteroatoms. The van der Waals surface area contributed by atoms with E-state index in [9.17, 15) is 27.8 Å². The molecule has 1 amide bonds. The second kappa shape index (κ2) is 13.2. The van der Waals surface area contributed by atoms with Crippen molar-refractivity contribution in [3.63, 3.8) is 0 Å². The molecule has 3 N–H and O–H groups in total. The summed E-state index contributed by atoms with van der Waals surface area (Å²) in [6.07, 6.45) is -2.62. The minimum atomic E-state index is -4.06. The summed E-state index contributed by atoms with van der Waals surface area (Å²) in [4.78, 5) is 11.5. The van der Waals surface area contributed by atoms with Crippen LogP contribution < -0.4 is 19.5 Å². The van der Waals surface area contributed by atoms with E-state index in [4.69, 9.17) is 14.2 Å². The van der Waals surface area contributed by atoms with Crippen molar-refractivity contribution in [2.45, 2.75) is 43.9 Å². The molecule has 0 saturated heterocycles. The molecule has 10 nitrogen and oxygen atoms in total. The van der Waals surface area contributed by atoms with Gasteiger partial charge in [0.05, 0.1) is 17.0 Å². The Hall–Kier alpha value is -3.87. The summed E-state index contributed by atoms with van der Waals surface area (Å²) in [5, 5.41) is 22.9. The molecule has 1 heterocycles. The van der Waals surface area contributed by atoms with Crippen molar-refractivity contribution in [2.75, 3.05) is 19.9 Å². The maximum absolute atomic E-state index is 13.6. The van der Waals surface area contributed by atoms with E-state index < -0.39 is 28.3 Å². The Kier molecular flexibility index (Phi) is 9.69. The smallest absolute Gasteiger partial charge is 0.404 e. The third kappa shape index (κ3) is 8.09. The largest absolute Gasteiger partial charge is 0.489 e. The average molecular weight is 589 g/mol. The number of amides is 1. The molecule has 0 bridgehead atoms. The molecule has 0 aromatic heterocycles. The molecule has 0 unspecified atom stereocenters. The van der Waals surface area contributed by atoms with Crippen molar-refractivity contribution in [1.82, 2.24) is 9.62 Å². The Morgan fingerprint density at radius 3 is 2.44 bits per heavy atom. The first-order valence-corrected chi connectivity index (χ1v) is 14.5. The molecule has 220 valence electrons. The van der Waals surface area contributed by atoms with Gasteiger partial charge in [0.15, 0.2) is 11.5 Å². The lowest BCUT2D eigenvalue weighted by Gasteiger charge is -2.30. The summed E-state index contributed by atoms with van der Waals surface area (Å²) < 4.78 is 58.0. The summed E-state index contributed by atoms with van der Waals surface area (Å²) >= 11 is 0. The van der Waals surface area contributed by atoms with Crippen molar-refractivity contribution in [1.29, 1.82) is 0 Å². The van der Waals surface area contributed by atoms with E-state index in [0.29, 0.717) is 28.4 Å². The highest BCUT2D eigenvalue weighted by atomic mass is 32.2. The standard InChI is InChI=1S/C29H33FN2O8S/c1-19(2)15-32(41(36,37)24-10-11-27-28(14-24)40-18-39-27)16-26(33)25(31-29(34)35)13-20-6-8-23(9-7-20)38-17-21-4-3-5-22(30)12-21/h3-12,14,19,25-26,31,33H,13,15-18H2,1-2H3,(H,34,35)/t25-,26-/m0/s1. The lowest BCUT2D eigenvalue weighted by atomic mass is 10.0. The number of benzene rings is 3. The first-order chi connectivity index (χ1) is 19.5. The van der Waals surface area contributed by atoms with Gasteiger partial charge in [0.25, 0.3) is 0 Å². The van der Waals surface area contributed by atoms with Crippen LogP contribution in [0.2, 0.25) is 0 Å². The number of aliphatic hydroxyl groups is 1. The third-order valence-corrected chi connectivity index (χ3v) is 8.22. The first-order valence-electron chi connectivity index (χ1n) is 13.0. The molecule has 2 atom stereocenters. The molecule has 4 rings (SSSR count). The molecule has 0 radical (unpaired) electrons. The molecule has 0 aliphatic carbocycles. The van der Waals surface area contributed by atoms with E-state index >= 15 is 0 Å². The van der Waals surface area contributed by atoms with E-state index in [1.165, 1.54) is 30.3 Å². The topological polar surface area (TPSA) is 135 Å². The van der Waals surface area contributed by atoms with Crippen molar-refractivity contribution in [2.24, 2.45) is 5.92 Å². The zero-order valence-corrected chi connectivity index (χ0v) is 23.5. The summed E-state index contributed by atoms with van der Waals surface area (Å²) in [5.74, 6) is 0.851. The summed E-state index contributed by atoms with van der Waals surface area (Å²) in [6, 6.07) is 16.2. The lowest BCUT2D eigenvalue weighted by molar-refractivity contribution is 0.0980. The fourth-order valence-corrected chi connectivity index (χ4v) is 6.05. The molecular formula is C29H33FN2O8S. The molecule has 0 spiro atoms. The quantitative estimate of drug-likeness (QED) is 0.273. The molecule has 1 aliphatic heterocycles. The number of hydrogen-bond acceptors (Lipinski definition) is 7. The zero-order chi connectivity index (χ0) is 29.6. The first kappa shape index (κ1) is 30.1. The number of rotatable bonds is 13. The predicted octanol–water partition coefficient (Wildman–Crippen LogP) is 4.02. The molecule has 1 aliphatic rings. The van der Waals surface area contributed by atoms with Crippen molar-refractivity contribution < 1.29 is 42.0 Å². The number of fused-ring (bicyclic) bond motifs is 1. The lowest BCUT2D eigenvalue weighted by Crippen LogP contribution is -2.50. The Labute approximate surface area is 238 Å². The Bertz CT molecular complexity index is 1450. The monoisotopic (exact) mass is 588 g/mol. The van der Waals surface area contributed by atoms with Gasteiger partial charge in [-0.2, -0.15) is 4.31 Å². The Balaban J connectivity index is 1.46. The fraction of sp³-hybridized carbons (Fsp3) is 0.345. The van der Waals surface area contributed by atoms with Gasteiger partial charge in [-0.1, -0.05) is 38.1 Å². The van der Waals surface area contributed by atoms with Gasteiger partial charge in [-0.25, -0.2) is 17.6 Å². The normalized spacial score (nSPS) is 14.2. The van der Waals surface area contributed by atoms with E-state index in [1.807, 2.05) is 13.8 Å². The Morgan fingerprint density at radius 2 is 1.76 bits per heavy atom. The van der Waals surface area contributed by atoms with Crippen LogP contribution in [0.1, 0.15) is 25.0 Å². The molecule has 3 aromatic carbocycles. The van der Waals surface area contributed by atoms with Gasteiger partial charge in [-0.15, -0.1) is 0 Å². The van der Waals surface area contributed by atoms with Crippen LogP contribution in [0.4, 0.5) is 9.18 Å². The van der Waals surface area contributed by atoms with Crippen molar-refractivity contribution in [3.05, 3.63) is 83.7 Å². The minimum Gasteiger partial charge on any atom is -0.489 e. The van der Waals surface area contributed by atoms with Gasteiger partial charge in [0.2, 0.25) is 16.8 Å². The summed E-state index contributed by atoms with van der Waals surface area (Å²) in [7, 11) is -4.06. The highest BCUT2D eigenvalue weighted by molar-refractivity contribution is 7.89. The maximum Gasteiger partial charge on any atom is 0.404 e. The number of nitrogens with one attached hydrogen (secondary N) is 1. The van der Waals surface area contributed by atoms with Crippen LogP contribution >= 0.6 is 0 Å². The second-order valence-electron chi connectivity index (χ2n) is 10.1.